The van der Waals surface area contributed by atoms with Crippen molar-refractivity contribution in [2.75, 3.05) is 39.3 Å². The van der Waals surface area contributed by atoms with Crippen molar-refractivity contribution in [1.82, 2.24) is 15.1 Å². The lowest BCUT2D eigenvalue weighted by molar-refractivity contribution is -0.192. The second-order valence-corrected chi connectivity index (χ2v) is 7.01. The van der Waals surface area contributed by atoms with Crippen LogP contribution in [0.4, 0.5) is 17.6 Å². The summed E-state index contributed by atoms with van der Waals surface area (Å²) in [4.78, 5) is 37.2. The summed E-state index contributed by atoms with van der Waals surface area (Å²) in [5.41, 5.74) is 0.337. The zero-order valence-electron chi connectivity index (χ0n) is 16.8. The number of halogens is 5. The number of nitrogens with zero attached hydrogens (tertiary/aromatic N) is 2. The molecule has 1 aliphatic heterocycles. The van der Waals surface area contributed by atoms with E-state index in [9.17, 15) is 27.2 Å². The van der Waals surface area contributed by atoms with E-state index in [1.54, 1.807) is 4.90 Å². The molecule has 0 radical (unpaired) electrons. The number of hydrogen-bond donors (Lipinski definition) is 2. The molecule has 0 atom stereocenters. The average molecular weight is 470 g/mol. The third kappa shape index (κ3) is 9.09. The monoisotopic (exact) mass is 469 g/mol. The lowest BCUT2D eigenvalue weighted by Gasteiger charge is -2.29. The quantitative estimate of drug-likeness (QED) is 0.625. The minimum Gasteiger partial charge on any atom is -0.475 e. The average Bonchev–Trinajstić information content (AvgIpc) is 2.72. The fourth-order valence-electron chi connectivity index (χ4n) is 2.70. The molecule has 2 N–H and O–H groups in total. The van der Waals surface area contributed by atoms with Crippen molar-refractivity contribution in [2.45, 2.75) is 25.9 Å². The molecule has 1 fully saturated rings. The predicted molar refractivity (Wildman–Crippen MR) is 105 cm³/mol. The zero-order chi connectivity index (χ0) is 23.6. The van der Waals surface area contributed by atoms with Gasteiger partial charge in [0.1, 0.15) is 5.82 Å². The van der Waals surface area contributed by atoms with E-state index >= 15 is 0 Å². The zero-order valence-corrected chi connectivity index (χ0v) is 17.6. The number of benzene rings is 1. The van der Waals surface area contributed by atoms with Crippen LogP contribution >= 0.6 is 11.6 Å². The topological polar surface area (TPSA) is 90.0 Å². The molecule has 2 amide bonds. The van der Waals surface area contributed by atoms with Gasteiger partial charge >= 0.3 is 12.1 Å². The minimum absolute atomic E-state index is 0.0579. The van der Waals surface area contributed by atoms with Gasteiger partial charge in [-0.15, -0.1) is 0 Å². The van der Waals surface area contributed by atoms with Crippen molar-refractivity contribution >= 4 is 29.4 Å². The van der Waals surface area contributed by atoms with Crippen LogP contribution in [0, 0.1) is 5.82 Å². The van der Waals surface area contributed by atoms with Crippen molar-refractivity contribution in [3.63, 3.8) is 0 Å². The number of rotatable bonds is 6. The minimum atomic E-state index is -5.08. The molecule has 1 aromatic rings. The van der Waals surface area contributed by atoms with Gasteiger partial charge < -0.3 is 20.2 Å². The van der Waals surface area contributed by atoms with Crippen LogP contribution in [0.1, 0.15) is 30.1 Å². The van der Waals surface area contributed by atoms with Crippen molar-refractivity contribution in [3.8, 4) is 0 Å². The van der Waals surface area contributed by atoms with Crippen LogP contribution in [0.3, 0.4) is 0 Å². The summed E-state index contributed by atoms with van der Waals surface area (Å²) < 4.78 is 45.0. The molecule has 0 saturated carbocycles. The van der Waals surface area contributed by atoms with Crippen LogP contribution in [0.2, 0.25) is 5.02 Å². The third-order valence-corrected chi connectivity index (χ3v) is 4.54. The molecule has 1 heterocycles. The molecule has 1 aliphatic rings. The van der Waals surface area contributed by atoms with Crippen LogP contribution < -0.4 is 5.32 Å². The Bertz CT molecular complexity index is 771. The molecule has 1 aromatic carbocycles. The molecular weight excluding hydrogens is 446 g/mol. The van der Waals surface area contributed by atoms with Crippen molar-refractivity contribution < 1.29 is 37.1 Å². The number of nitrogens with one attached hydrogen (secondary N) is 1. The second-order valence-electron chi connectivity index (χ2n) is 6.60. The Balaban J connectivity index is 0.000000592. The summed E-state index contributed by atoms with van der Waals surface area (Å²) in [7, 11) is 0. The van der Waals surface area contributed by atoms with Gasteiger partial charge in [-0.05, 0) is 24.6 Å². The summed E-state index contributed by atoms with van der Waals surface area (Å²) in [5, 5.41) is 10.3. The summed E-state index contributed by atoms with van der Waals surface area (Å²) in [6, 6.07) is 3.94. The Hall–Kier alpha value is -2.40. The van der Waals surface area contributed by atoms with Gasteiger partial charge in [-0.3, -0.25) is 9.59 Å². The number of alkyl halides is 3. The number of hydrogen-bond acceptors (Lipinski definition) is 4. The van der Waals surface area contributed by atoms with Gasteiger partial charge in [-0.1, -0.05) is 18.5 Å². The standard InChI is InChI=1S/C17H23ClFN3O2.C2HF3O2/c1-2-8-22(9-5-16(23)21-10-6-20-7-11-21)17(24)13-3-4-15(19)14(18)12-13;3-2(4,5)1(6)7/h3-4,12,20H,2,5-11H2,1H3;(H,6,7). The number of amides is 2. The first-order chi connectivity index (χ1) is 14.5. The molecule has 31 heavy (non-hydrogen) atoms. The van der Waals surface area contributed by atoms with Gasteiger partial charge in [0.05, 0.1) is 5.02 Å². The first-order valence-corrected chi connectivity index (χ1v) is 9.88. The molecule has 1 saturated heterocycles. The van der Waals surface area contributed by atoms with Gasteiger partial charge in [0, 0.05) is 51.3 Å². The Kier molecular flexibility index (Phi) is 10.7. The van der Waals surface area contributed by atoms with E-state index in [2.05, 4.69) is 5.32 Å². The molecular formula is C19H24ClF4N3O4. The van der Waals surface area contributed by atoms with E-state index in [0.717, 1.165) is 19.5 Å². The molecule has 174 valence electrons. The molecule has 0 unspecified atom stereocenters. The third-order valence-electron chi connectivity index (χ3n) is 4.26. The number of carboxylic acid groups (broad SMARTS) is 1. The second kappa shape index (κ2) is 12.5. The SMILES string of the molecule is CCCN(CCC(=O)N1CCNCC1)C(=O)c1ccc(F)c(Cl)c1.O=C(O)C(F)(F)F. The van der Waals surface area contributed by atoms with Crippen LogP contribution in [0.25, 0.3) is 0 Å². The highest BCUT2D eigenvalue weighted by atomic mass is 35.5. The van der Waals surface area contributed by atoms with Crippen LogP contribution in [0.5, 0.6) is 0 Å². The van der Waals surface area contributed by atoms with Crippen molar-refractivity contribution in [2.24, 2.45) is 0 Å². The molecule has 0 bridgehead atoms. The van der Waals surface area contributed by atoms with Crippen LogP contribution in [-0.4, -0.2) is 78.1 Å². The lowest BCUT2D eigenvalue weighted by atomic mass is 10.1. The Morgan fingerprint density at radius 1 is 1.19 bits per heavy atom. The van der Waals surface area contributed by atoms with Crippen LogP contribution in [0.15, 0.2) is 18.2 Å². The van der Waals surface area contributed by atoms with Crippen molar-refractivity contribution in [3.05, 3.63) is 34.6 Å². The largest absolute Gasteiger partial charge is 0.490 e. The normalized spacial score (nSPS) is 13.8. The highest BCUT2D eigenvalue weighted by Crippen LogP contribution is 2.18. The highest BCUT2D eigenvalue weighted by molar-refractivity contribution is 6.31. The van der Waals surface area contributed by atoms with Crippen molar-refractivity contribution in [1.29, 1.82) is 0 Å². The number of aliphatic carboxylic acids is 1. The molecule has 0 aliphatic carbocycles. The molecule has 0 aromatic heterocycles. The van der Waals surface area contributed by atoms with Gasteiger partial charge in [-0.25, -0.2) is 9.18 Å². The summed E-state index contributed by atoms with van der Waals surface area (Å²) in [6.45, 7) is 5.88. The van der Waals surface area contributed by atoms with E-state index in [1.165, 1.54) is 18.2 Å². The predicted octanol–water partition coefficient (Wildman–Crippen LogP) is 2.79. The molecule has 7 nitrogen and oxygen atoms in total. The van der Waals surface area contributed by atoms with Gasteiger partial charge in [0.15, 0.2) is 0 Å². The molecule has 12 heteroatoms. The first kappa shape index (κ1) is 26.6. The fraction of sp³-hybridized carbons (Fsp3) is 0.526. The number of carbonyl (C=O) groups excluding carboxylic acids is 2. The lowest BCUT2D eigenvalue weighted by Crippen LogP contribution is -2.47. The Morgan fingerprint density at radius 3 is 2.26 bits per heavy atom. The van der Waals surface area contributed by atoms with E-state index in [1.807, 2.05) is 11.8 Å². The maximum absolute atomic E-state index is 13.3. The van der Waals surface area contributed by atoms with E-state index in [-0.39, 0.29) is 16.8 Å². The van der Waals surface area contributed by atoms with Gasteiger partial charge in [0.2, 0.25) is 5.91 Å². The van der Waals surface area contributed by atoms with E-state index < -0.39 is 18.0 Å². The van der Waals surface area contributed by atoms with E-state index in [4.69, 9.17) is 21.5 Å². The Morgan fingerprint density at radius 2 is 1.77 bits per heavy atom. The summed E-state index contributed by atoms with van der Waals surface area (Å²) in [5.74, 6) is -3.48. The first-order valence-electron chi connectivity index (χ1n) is 9.50. The number of carbonyl (C=O) groups is 3. The maximum atomic E-state index is 13.3. The maximum Gasteiger partial charge on any atom is 0.490 e. The fourth-order valence-corrected chi connectivity index (χ4v) is 2.88. The molecule has 2 rings (SSSR count). The number of piperazine rings is 1. The summed E-state index contributed by atoms with van der Waals surface area (Å²) >= 11 is 5.76. The Labute approximate surface area is 181 Å². The highest BCUT2D eigenvalue weighted by Gasteiger charge is 2.38. The van der Waals surface area contributed by atoms with Crippen LogP contribution in [-0.2, 0) is 9.59 Å². The van der Waals surface area contributed by atoms with E-state index in [0.29, 0.717) is 38.2 Å². The number of carboxylic acids is 1. The van der Waals surface area contributed by atoms with Gasteiger partial charge in [0.25, 0.3) is 5.91 Å². The summed E-state index contributed by atoms with van der Waals surface area (Å²) in [6.07, 6.45) is -4.01. The smallest absolute Gasteiger partial charge is 0.475 e. The van der Waals surface area contributed by atoms with Gasteiger partial charge in [-0.2, -0.15) is 13.2 Å². The molecule has 0 spiro atoms.